The summed E-state index contributed by atoms with van der Waals surface area (Å²) in [6, 6.07) is 9.08. The molecule has 1 heterocycles. The molecule has 0 fully saturated rings. The topological polar surface area (TPSA) is 70.9 Å². The van der Waals surface area contributed by atoms with Crippen molar-refractivity contribution in [3.05, 3.63) is 40.6 Å². The fourth-order valence-electron chi connectivity index (χ4n) is 1.70. The van der Waals surface area contributed by atoms with E-state index in [-0.39, 0.29) is 35.7 Å². The summed E-state index contributed by atoms with van der Waals surface area (Å²) in [5, 5.41) is 3.94. The van der Waals surface area contributed by atoms with Gasteiger partial charge in [-0.3, -0.25) is 4.79 Å². The molecule has 0 bridgehead atoms. The zero-order chi connectivity index (χ0) is 13.2. The van der Waals surface area contributed by atoms with Crippen LogP contribution in [0.1, 0.15) is 13.8 Å². The van der Waals surface area contributed by atoms with Gasteiger partial charge in [-0.05, 0) is 24.1 Å². The van der Waals surface area contributed by atoms with Gasteiger partial charge in [0.05, 0.1) is 5.52 Å². The lowest BCUT2D eigenvalue weighted by Gasteiger charge is -2.23. The summed E-state index contributed by atoms with van der Waals surface area (Å²) in [5.74, 6) is 0.736. The van der Waals surface area contributed by atoms with Crippen LogP contribution in [-0.4, -0.2) is 18.1 Å². The predicted molar refractivity (Wildman–Crippen MR) is 90.4 cm³/mol. The lowest BCUT2D eigenvalue weighted by atomic mass is 9.94. The number of fused-ring (bicyclic) bond motifs is 1. The molecule has 0 saturated carbocycles. The molecule has 1 aromatic carbocycles. The molecule has 2 aromatic rings. The zero-order valence-electron chi connectivity index (χ0n) is 11.6. The molecule has 0 atom stereocenters. The molecule has 0 aliphatic rings. The molecule has 0 saturated heterocycles. The number of nitrogens with two attached hydrogens (primary N) is 1. The quantitative estimate of drug-likeness (QED) is 0.812. The zero-order valence-corrected chi connectivity index (χ0v) is 13.2. The SMILES string of the molecule is CC(C)(CN)CNc1cc(=O)c2ccccc2[nH]1.Cl.Cl. The van der Waals surface area contributed by atoms with Gasteiger partial charge in [-0.15, -0.1) is 24.8 Å². The van der Waals surface area contributed by atoms with Crippen LogP contribution in [0.15, 0.2) is 35.1 Å². The highest BCUT2D eigenvalue weighted by Crippen LogP contribution is 2.15. The summed E-state index contributed by atoms with van der Waals surface area (Å²) in [6.45, 7) is 5.48. The fraction of sp³-hybridized carbons (Fsp3) is 0.357. The van der Waals surface area contributed by atoms with E-state index < -0.39 is 0 Å². The van der Waals surface area contributed by atoms with Crippen molar-refractivity contribution in [1.82, 2.24) is 4.98 Å². The number of benzene rings is 1. The second kappa shape index (κ2) is 7.53. The van der Waals surface area contributed by atoms with Gasteiger partial charge < -0.3 is 16.0 Å². The number of aromatic nitrogens is 1. The predicted octanol–water partition coefficient (Wildman–Crippen LogP) is 2.77. The van der Waals surface area contributed by atoms with Gasteiger partial charge in [-0.25, -0.2) is 0 Å². The molecule has 0 radical (unpaired) electrons. The summed E-state index contributed by atoms with van der Waals surface area (Å²) >= 11 is 0. The number of hydrogen-bond acceptors (Lipinski definition) is 3. The summed E-state index contributed by atoms with van der Waals surface area (Å²) in [6.07, 6.45) is 0. The maximum Gasteiger partial charge on any atom is 0.191 e. The van der Waals surface area contributed by atoms with Crippen LogP contribution in [0, 0.1) is 5.41 Å². The largest absolute Gasteiger partial charge is 0.371 e. The van der Waals surface area contributed by atoms with Gasteiger partial charge in [0.25, 0.3) is 0 Å². The second-order valence-corrected chi connectivity index (χ2v) is 5.31. The van der Waals surface area contributed by atoms with E-state index in [1.54, 1.807) is 6.07 Å². The van der Waals surface area contributed by atoms with Crippen LogP contribution in [0.4, 0.5) is 5.82 Å². The molecule has 20 heavy (non-hydrogen) atoms. The second-order valence-electron chi connectivity index (χ2n) is 5.31. The molecule has 2 rings (SSSR count). The highest BCUT2D eigenvalue weighted by molar-refractivity contribution is 5.85. The van der Waals surface area contributed by atoms with E-state index in [1.807, 2.05) is 24.3 Å². The van der Waals surface area contributed by atoms with Crippen LogP contribution in [0.3, 0.4) is 0 Å². The Morgan fingerprint density at radius 2 is 1.90 bits per heavy atom. The number of nitrogens with one attached hydrogen (secondary N) is 2. The van der Waals surface area contributed by atoms with Crippen molar-refractivity contribution in [1.29, 1.82) is 0 Å². The smallest absolute Gasteiger partial charge is 0.191 e. The van der Waals surface area contributed by atoms with Crippen LogP contribution < -0.4 is 16.5 Å². The van der Waals surface area contributed by atoms with Gasteiger partial charge >= 0.3 is 0 Å². The minimum absolute atomic E-state index is 0. The first-order valence-corrected chi connectivity index (χ1v) is 6.08. The lowest BCUT2D eigenvalue weighted by molar-refractivity contribution is 0.405. The molecule has 0 amide bonds. The first kappa shape index (κ1) is 18.8. The third-order valence-electron chi connectivity index (χ3n) is 3.05. The van der Waals surface area contributed by atoms with Gasteiger partial charge in [-0.1, -0.05) is 26.0 Å². The van der Waals surface area contributed by atoms with Crippen LogP contribution in [0.5, 0.6) is 0 Å². The number of hydrogen-bond donors (Lipinski definition) is 3. The van der Waals surface area contributed by atoms with Gasteiger partial charge in [0.2, 0.25) is 0 Å². The summed E-state index contributed by atoms with van der Waals surface area (Å²) in [5.41, 5.74) is 6.55. The van der Waals surface area contributed by atoms with E-state index in [0.29, 0.717) is 11.9 Å². The monoisotopic (exact) mass is 317 g/mol. The Morgan fingerprint density at radius 1 is 1.25 bits per heavy atom. The number of para-hydroxylation sites is 1. The van der Waals surface area contributed by atoms with E-state index in [0.717, 1.165) is 17.9 Å². The van der Waals surface area contributed by atoms with Crippen molar-refractivity contribution in [3.8, 4) is 0 Å². The summed E-state index contributed by atoms with van der Waals surface area (Å²) in [4.78, 5) is 15.1. The van der Waals surface area contributed by atoms with E-state index in [9.17, 15) is 4.79 Å². The maximum absolute atomic E-state index is 11.9. The van der Waals surface area contributed by atoms with Crippen LogP contribution in [0.25, 0.3) is 10.9 Å². The standard InChI is InChI=1S/C14H19N3O.2ClH/c1-14(2,8-15)9-16-13-7-12(18)10-5-3-4-6-11(10)17-13;;/h3-7H,8-9,15H2,1-2H3,(H2,16,17,18);2*1H. The number of halogens is 2. The van der Waals surface area contributed by atoms with Gasteiger partial charge in [-0.2, -0.15) is 0 Å². The molecule has 1 aromatic heterocycles. The third-order valence-corrected chi connectivity index (χ3v) is 3.05. The molecular formula is C14H21Cl2N3O. The average Bonchev–Trinajstić information content (AvgIpc) is 2.37. The van der Waals surface area contributed by atoms with E-state index in [1.165, 1.54) is 0 Å². The molecule has 4 nitrogen and oxygen atoms in total. The molecule has 0 aliphatic carbocycles. The highest BCUT2D eigenvalue weighted by Gasteiger charge is 2.15. The van der Waals surface area contributed by atoms with E-state index >= 15 is 0 Å². The van der Waals surface area contributed by atoms with Crippen molar-refractivity contribution in [3.63, 3.8) is 0 Å². The molecule has 0 spiro atoms. The fourth-order valence-corrected chi connectivity index (χ4v) is 1.70. The average molecular weight is 318 g/mol. The van der Waals surface area contributed by atoms with Gasteiger partial charge in [0.1, 0.15) is 5.82 Å². The molecule has 112 valence electrons. The van der Waals surface area contributed by atoms with Crippen molar-refractivity contribution in [2.24, 2.45) is 11.1 Å². The minimum Gasteiger partial charge on any atom is -0.371 e. The van der Waals surface area contributed by atoms with Crippen LogP contribution in [0.2, 0.25) is 0 Å². The van der Waals surface area contributed by atoms with Crippen molar-refractivity contribution in [2.45, 2.75) is 13.8 Å². The number of rotatable bonds is 4. The van der Waals surface area contributed by atoms with Crippen molar-refractivity contribution in [2.75, 3.05) is 18.4 Å². The minimum atomic E-state index is 0. The Bertz CT molecular complexity index is 611. The highest BCUT2D eigenvalue weighted by atomic mass is 35.5. The Kier molecular flexibility index (Phi) is 7.06. The Labute approximate surface area is 131 Å². The lowest BCUT2D eigenvalue weighted by Crippen LogP contribution is -2.31. The summed E-state index contributed by atoms with van der Waals surface area (Å²) in [7, 11) is 0. The third kappa shape index (κ3) is 4.40. The molecule has 0 unspecified atom stereocenters. The summed E-state index contributed by atoms with van der Waals surface area (Å²) < 4.78 is 0. The Balaban J connectivity index is 0.00000180. The maximum atomic E-state index is 11.9. The molecule has 4 N–H and O–H groups in total. The van der Waals surface area contributed by atoms with Crippen LogP contribution in [-0.2, 0) is 0 Å². The molecule has 6 heteroatoms. The Morgan fingerprint density at radius 3 is 2.55 bits per heavy atom. The number of H-pyrrole nitrogens is 1. The number of aromatic amines is 1. The first-order valence-electron chi connectivity index (χ1n) is 6.08. The van der Waals surface area contributed by atoms with E-state index in [4.69, 9.17) is 5.73 Å². The molecular weight excluding hydrogens is 297 g/mol. The number of pyridine rings is 1. The van der Waals surface area contributed by atoms with Gasteiger partial charge in [0, 0.05) is 18.0 Å². The van der Waals surface area contributed by atoms with Gasteiger partial charge in [0.15, 0.2) is 5.43 Å². The van der Waals surface area contributed by atoms with Crippen LogP contribution >= 0.6 is 24.8 Å². The molecule has 0 aliphatic heterocycles. The normalized spacial score (nSPS) is 10.6. The Hall–Kier alpha value is -1.23. The van der Waals surface area contributed by atoms with E-state index in [2.05, 4.69) is 24.1 Å². The first-order chi connectivity index (χ1) is 8.52. The number of anilines is 1. The van der Waals surface area contributed by atoms with Crippen molar-refractivity contribution < 1.29 is 0 Å². The van der Waals surface area contributed by atoms with Crippen molar-refractivity contribution >= 4 is 41.5 Å².